The Balaban J connectivity index is 1.51. The molecule has 33 heavy (non-hydrogen) atoms. The van der Waals surface area contributed by atoms with Gasteiger partial charge in [-0.25, -0.2) is 4.79 Å². The summed E-state index contributed by atoms with van der Waals surface area (Å²) in [7, 11) is 1.52. The van der Waals surface area contributed by atoms with E-state index in [1.54, 1.807) is 24.3 Å². The van der Waals surface area contributed by atoms with E-state index in [1.165, 1.54) is 13.2 Å². The van der Waals surface area contributed by atoms with Gasteiger partial charge in [0.2, 0.25) is 0 Å². The lowest BCUT2D eigenvalue weighted by Gasteiger charge is -2.23. The molecule has 9 heteroatoms. The van der Waals surface area contributed by atoms with Crippen LogP contribution in [0, 0.1) is 10.1 Å². The minimum absolute atomic E-state index is 0.348. The summed E-state index contributed by atoms with van der Waals surface area (Å²) in [5.74, 6) is 0.0675. The Morgan fingerprint density at radius 1 is 1.06 bits per heavy atom. The van der Waals surface area contributed by atoms with Crippen LogP contribution in [-0.4, -0.2) is 36.1 Å². The van der Waals surface area contributed by atoms with Gasteiger partial charge in [-0.05, 0) is 34.0 Å². The molecule has 1 aliphatic rings. The molecule has 1 saturated heterocycles. The number of hydrogen-bond acceptors (Lipinski definition) is 6. The third-order valence-electron chi connectivity index (χ3n) is 5.32. The molecule has 1 heterocycles. The molecule has 3 aromatic carbocycles. The molecular formula is C24H21N3O6. The standard InChI is InChI=1S/C24H21N3O6/c1-32-21-13-15(9-11-19-22(27(30)31)23(28)26-24(29)25-19)10-12-20(21)33-14-17-7-4-6-16-5-2-3-8-18(16)17/h2-13,19,22H,14H2,1H3,(H2,25,26,28,29)/b11-9-. The number of hydrogen-bond donors (Lipinski definition) is 2. The van der Waals surface area contributed by atoms with Gasteiger partial charge in [0.15, 0.2) is 11.5 Å². The normalized spacial score (nSPS) is 18.1. The zero-order chi connectivity index (χ0) is 23.4. The van der Waals surface area contributed by atoms with Crippen LogP contribution in [0.3, 0.4) is 0 Å². The molecule has 1 aliphatic heterocycles. The molecule has 3 amide bonds. The van der Waals surface area contributed by atoms with Crippen molar-refractivity contribution in [3.63, 3.8) is 0 Å². The van der Waals surface area contributed by atoms with Crippen LogP contribution in [0.1, 0.15) is 11.1 Å². The SMILES string of the molecule is COc1cc(/C=C\C2NC(=O)NC(=O)C2[N+](=O)[O-])ccc1OCc1cccc2ccccc12. The molecular weight excluding hydrogens is 426 g/mol. The molecule has 1 fully saturated rings. The number of urea groups is 1. The van der Waals surface area contributed by atoms with E-state index in [0.29, 0.717) is 23.7 Å². The second-order valence-corrected chi connectivity index (χ2v) is 7.42. The Morgan fingerprint density at radius 3 is 2.64 bits per heavy atom. The van der Waals surface area contributed by atoms with Crippen molar-refractivity contribution >= 4 is 28.8 Å². The number of rotatable bonds is 7. The number of ether oxygens (including phenoxy) is 2. The summed E-state index contributed by atoms with van der Waals surface area (Å²) >= 11 is 0. The number of imide groups is 1. The molecule has 0 aliphatic carbocycles. The molecule has 168 valence electrons. The third kappa shape index (κ3) is 4.77. The number of nitro groups is 1. The first-order valence-corrected chi connectivity index (χ1v) is 10.2. The number of nitrogens with zero attached hydrogens (tertiary/aromatic N) is 1. The van der Waals surface area contributed by atoms with Crippen LogP contribution in [0.25, 0.3) is 16.8 Å². The fraction of sp³-hybridized carbons (Fsp3) is 0.167. The summed E-state index contributed by atoms with van der Waals surface area (Å²) in [5.41, 5.74) is 1.70. The van der Waals surface area contributed by atoms with Gasteiger partial charge in [0.25, 0.3) is 0 Å². The van der Waals surface area contributed by atoms with Gasteiger partial charge >= 0.3 is 18.0 Å². The zero-order valence-corrected chi connectivity index (χ0v) is 17.7. The quantitative estimate of drug-likeness (QED) is 0.424. The van der Waals surface area contributed by atoms with Crippen molar-refractivity contribution in [3.05, 3.63) is 88.0 Å². The average molecular weight is 447 g/mol. The summed E-state index contributed by atoms with van der Waals surface area (Å²) in [6, 6.07) is 15.8. The van der Waals surface area contributed by atoms with Gasteiger partial charge in [0.1, 0.15) is 12.6 Å². The summed E-state index contributed by atoms with van der Waals surface area (Å²) in [6.07, 6.45) is 2.99. The van der Waals surface area contributed by atoms with E-state index < -0.39 is 28.9 Å². The summed E-state index contributed by atoms with van der Waals surface area (Å²) < 4.78 is 11.4. The lowest BCUT2D eigenvalue weighted by atomic mass is 10.0. The highest BCUT2D eigenvalue weighted by atomic mass is 16.6. The number of carbonyl (C=O) groups is 2. The maximum Gasteiger partial charge on any atom is 0.322 e. The van der Waals surface area contributed by atoms with Gasteiger partial charge in [-0.3, -0.25) is 20.2 Å². The number of methoxy groups -OCH3 is 1. The molecule has 0 aromatic heterocycles. The van der Waals surface area contributed by atoms with Gasteiger partial charge < -0.3 is 14.8 Å². The lowest BCUT2D eigenvalue weighted by Crippen LogP contribution is -2.62. The average Bonchev–Trinajstić information content (AvgIpc) is 2.80. The smallest absolute Gasteiger partial charge is 0.322 e. The molecule has 2 atom stereocenters. The largest absolute Gasteiger partial charge is 0.493 e. The first kappa shape index (κ1) is 21.8. The molecule has 0 bridgehead atoms. The highest BCUT2D eigenvalue weighted by Gasteiger charge is 2.43. The predicted octanol–water partition coefficient (Wildman–Crippen LogP) is 3.29. The van der Waals surface area contributed by atoms with Crippen LogP contribution in [0.2, 0.25) is 0 Å². The first-order valence-electron chi connectivity index (χ1n) is 10.2. The fourth-order valence-corrected chi connectivity index (χ4v) is 3.69. The number of fused-ring (bicyclic) bond motifs is 1. The Kier molecular flexibility index (Phi) is 6.21. The van der Waals surface area contributed by atoms with E-state index in [9.17, 15) is 19.7 Å². The van der Waals surface area contributed by atoms with Crippen molar-refractivity contribution in [2.24, 2.45) is 0 Å². The highest BCUT2D eigenvalue weighted by Crippen LogP contribution is 2.30. The van der Waals surface area contributed by atoms with E-state index in [2.05, 4.69) is 5.32 Å². The van der Waals surface area contributed by atoms with E-state index in [1.807, 2.05) is 47.8 Å². The number of carbonyl (C=O) groups excluding carboxylic acids is 2. The lowest BCUT2D eigenvalue weighted by molar-refractivity contribution is -0.510. The minimum atomic E-state index is -1.61. The zero-order valence-electron chi connectivity index (χ0n) is 17.7. The van der Waals surface area contributed by atoms with Crippen molar-refractivity contribution in [2.75, 3.05) is 7.11 Å². The fourth-order valence-electron chi connectivity index (χ4n) is 3.69. The van der Waals surface area contributed by atoms with Crippen LogP contribution >= 0.6 is 0 Å². The molecule has 0 spiro atoms. The van der Waals surface area contributed by atoms with Gasteiger partial charge in [-0.15, -0.1) is 0 Å². The van der Waals surface area contributed by atoms with Gasteiger partial charge in [-0.2, -0.15) is 0 Å². The topological polar surface area (TPSA) is 120 Å². The number of amides is 3. The van der Waals surface area contributed by atoms with Gasteiger partial charge in [-0.1, -0.05) is 60.7 Å². The van der Waals surface area contributed by atoms with Crippen LogP contribution < -0.4 is 20.1 Å². The number of nitrogens with one attached hydrogen (secondary N) is 2. The van der Waals surface area contributed by atoms with E-state index >= 15 is 0 Å². The maximum absolute atomic E-state index is 11.8. The van der Waals surface area contributed by atoms with Crippen molar-refractivity contribution in [1.29, 1.82) is 0 Å². The summed E-state index contributed by atoms with van der Waals surface area (Å²) in [5, 5.41) is 17.8. The van der Waals surface area contributed by atoms with Crippen molar-refractivity contribution < 1.29 is 24.0 Å². The van der Waals surface area contributed by atoms with Crippen molar-refractivity contribution in [1.82, 2.24) is 10.6 Å². The van der Waals surface area contributed by atoms with E-state index in [0.717, 1.165) is 16.3 Å². The van der Waals surface area contributed by atoms with E-state index in [-0.39, 0.29) is 0 Å². The minimum Gasteiger partial charge on any atom is -0.493 e. The summed E-state index contributed by atoms with van der Waals surface area (Å²) in [6.45, 7) is 0.348. The molecule has 9 nitrogen and oxygen atoms in total. The highest BCUT2D eigenvalue weighted by molar-refractivity contribution is 6.00. The maximum atomic E-state index is 11.8. The van der Waals surface area contributed by atoms with Crippen molar-refractivity contribution in [3.8, 4) is 11.5 Å². The van der Waals surface area contributed by atoms with Crippen LogP contribution in [0.15, 0.2) is 66.7 Å². The predicted molar refractivity (Wildman–Crippen MR) is 122 cm³/mol. The second kappa shape index (κ2) is 9.39. The van der Waals surface area contributed by atoms with E-state index in [4.69, 9.17) is 9.47 Å². The van der Waals surface area contributed by atoms with Gasteiger partial charge in [0.05, 0.1) is 7.11 Å². The van der Waals surface area contributed by atoms with Crippen molar-refractivity contribution in [2.45, 2.75) is 18.7 Å². The van der Waals surface area contributed by atoms with Crippen LogP contribution in [0.4, 0.5) is 4.79 Å². The third-order valence-corrected chi connectivity index (χ3v) is 5.32. The Morgan fingerprint density at radius 2 is 1.85 bits per heavy atom. The Labute approximate surface area is 189 Å². The summed E-state index contributed by atoms with van der Waals surface area (Å²) in [4.78, 5) is 33.8. The molecule has 2 unspecified atom stereocenters. The molecule has 4 rings (SSSR count). The molecule has 2 N–H and O–H groups in total. The molecule has 0 saturated carbocycles. The molecule has 0 radical (unpaired) electrons. The Bertz CT molecular complexity index is 1250. The second-order valence-electron chi connectivity index (χ2n) is 7.42. The monoisotopic (exact) mass is 447 g/mol. The molecule has 3 aromatic rings. The van der Waals surface area contributed by atoms with Crippen LogP contribution in [0.5, 0.6) is 11.5 Å². The van der Waals surface area contributed by atoms with Crippen LogP contribution in [-0.2, 0) is 11.4 Å². The Hall–Kier alpha value is -4.40. The van der Waals surface area contributed by atoms with Gasteiger partial charge in [0, 0.05) is 4.92 Å². The number of benzene rings is 3. The first-order chi connectivity index (χ1) is 16.0.